The third-order valence-corrected chi connectivity index (χ3v) is 5.39. The van der Waals surface area contributed by atoms with E-state index in [9.17, 15) is 9.59 Å². The standard InChI is InChI=1S/C22H27Cl2N3O2/c1-4-9-19(16-10-6-5-7-11-16)25-22(29)15(2)27(3)14-20(28)26-21-17(23)12-8-13-18(21)24/h5-8,10-13,15,19H,4,9,14H2,1-3H3,(H,25,29)(H,26,28). The second kappa shape index (κ2) is 11.2. The van der Waals surface area contributed by atoms with Crippen LogP contribution in [0.2, 0.25) is 10.0 Å². The Morgan fingerprint density at radius 3 is 2.24 bits per heavy atom. The summed E-state index contributed by atoms with van der Waals surface area (Å²) in [6.45, 7) is 3.89. The van der Waals surface area contributed by atoms with Crippen LogP contribution in [0.3, 0.4) is 0 Å². The molecule has 2 amide bonds. The van der Waals surface area contributed by atoms with Gasteiger partial charge in [0, 0.05) is 0 Å². The highest BCUT2D eigenvalue weighted by Crippen LogP contribution is 2.29. The monoisotopic (exact) mass is 435 g/mol. The minimum atomic E-state index is -0.481. The fourth-order valence-corrected chi connectivity index (χ4v) is 3.44. The van der Waals surface area contributed by atoms with Crippen LogP contribution in [0.1, 0.15) is 38.3 Å². The van der Waals surface area contributed by atoms with Crippen LogP contribution in [-0.4, -0.2) is 36.3 Å². The number of carbonyl (C=O) groups excluding carboxylic acids is 2. The zero-order valence-electron chi connectivity index (χ0n) is 16.9. The number of benzene rings is 2. The number of carbonyl (C=O) groups is 2. The van der Waals surface area contributed by atoms with E-state index in [0.717, 1.165) is 18.4 Å². The van der Waals surface area contributed by atoms with Gasteiger partial charge in [0.2, 0.25) is 11.8 Å². The molecule has 0 aliphatic rings. The van der Waals surface area contributed by atoms with Gasteiger partial charge in [-0.05, 0) is 38.1 Å². The lowest BCUT2D eigenvalue weighted by molar-refractivity contribution is -0.127. The Labute approximate surface area is 182 Å². The molecule has 156 valence electrons. The number of hydrogen-bond acceptors (Lipinski definition) is 3. The molecule has 2 atom stereocenters. The van der Waals surface area contributed by atoms with Gasteiger partial charge in [-0.2, -0.15) is 0 Å². The molecule has 29 heavy (non-hydrogen) atoms. The number of rotatable bonds is 9. The molecule has 0 fully saturated rings. The molecular formula is C22H27Cl2N3O2. The van der Waals surface area contributed by atoms with Gasteiger partial charge in [0.15, 0.2) is 0 Å². The first kappa shape index (κ1) is 23.2. The molecule has 0 aliphatic carbocycles. The third-order valence-electron chi connectivity index (χ3n) is 4.76. The summed E-state index contributed by atoms with van der Waals surface area (Å²) >= 11 is 12.2. The summed E-state index contributed by atoms with van der Waals surface area (Å²) in [5.74, 6) is -0.423. The first-order valence-corrected chi connectivity index (χ1v) is 10.4. The van der Waals surface area contributed by atoms with Crippen LogP contribution in [0, 0.1) is 0 Å². The summed E-state index contributed by atoms with van der Waals surface area (Å²) in [6.07, 6.45) is 1.79. The van der Waals surface area contributed by atoms with E-state index in [-0.39, 0.29) is 24.4 Å². The molecule has 2 rings (SSSR count). The molecule has 7 heteroatoms. The van der Waals surface area contributed by atoms with Crippen molar-refractivity contribution in [1.82, 2.24) is 10.2 Å². The van der Waals surface area contributed by atoms with Crippen molar-refractivity contribution in [1.29, 1.82) is 0 Å². The molecule has 2 aromatic rings. The Morgan fingerprint density at radius 2 is 1.66 bits per heavy atom. The van der Waals surface area contributed by atoms with Gasteiger partial charge in [0.25, 0.3) is 0 Å². The largest absolute Gasteiger partial charge is 0.348 e. The van der Waals surface area contributed by atoms with Gasteiger partial charge in [-0.15, -0.1) is 0 Å². The first-order chi connectivity index (χ1) is 13.8. The van der Waals surface area contributed by atoms with Crippen molar-refractivity contribution in [3.63, 3.8) is 0 Å². The highest BCUT2D eigenvalue weighted by molar-refractivity contribution is 6.39. The Kier molecular flexibility index (Phi) is 8.96. The van der Waals surface area contributed by atoms with Crippen molar-refractivity contribution < 1.29 is 9.59 Å². The van der Waals surface area contributed by atoms with Gasteiger partial charge in [0.1, 0.15) is 0 Å². The van der Waals surface area contributed by atoms with Crippen molar-refractivity contribution in [3.05, 3.63) is 64.1 Å². The molecule has 5 nitrogen and oxygen atoms in total. The summed E-state index contributed by atoms with van der Waals surface area (Å²) in [5, 5.41) is 6.55. The van der Waals surface area contributed by atoms with Crippen LogP contribution in [-0.2, 0) is 9.59 Å². The number of nitrogens with one attached hydrogen (secondary N) is 2. The smallest absolute Gasteiger partial charge is 0.238 e. The molecular weight excluding hydrogens is 409 g/mol. The second-order valence-corrected chi connectivity index (χ2v) is 7.81. The van der Waals surface area contributed by atoms with E-state index >= 15 is 0 Å². The molecule has 0 saturated carbocycles. The van der Waals surface area contributed by atoms with Gasteiger partial charge < -0.3 is 10.6 Å². The Bertz CT molecular complexity index is 810. The van der Waals surface area contributed by atoms with Crippen LogP contribution in [0.4, 0.5) is 5.69 Å². The highest BCUT2D eigenvalue weighted by Gasteiger charge is 2.23. The van der Waals surface area contributed by atoms with Crippen LogP contribution in [0.5, 0.6) is 0 Å². The van der Waals surface area contributed by atoms with E-state index < -0.39 is 6.04 Å². The average Bonchev–Trinajstić information content (AvgIpc) is 2.70. The molecule has 2 N–H and O–H groups in total. The zero-order valence-corrected chi connectivity index (χ0v) is 18.4. The molecule has 2 unspecified atom stereocenters. The molecule has 0 bridgehead atoms. The van der Waals surface area contributed by atoms with Crippen LogP contribution < -0.4 is 10.6 Å². The van der Waals surface area contributed by atoms with E-state index in [0.29, 0.717) is 15.7 Å². The molecule has 0 aliphatic heterocycles. The van der Waals surface area contributed by atoms with Crippen molar-refractivity contribution in [2.45, 2.75) is 38.8 Å². The van der Waals surface area contributed by atoms with Crippen molar-refractivity contribution in [2.75, 3.05) is 18.9 Å². The van der Waals surface area contributed by atoms with Gasteiger partial charge >= 0.3 is 0 Å². The summed E-state index contributed by atoms with van der Waals surface area (Å²) < 4.78 is 0. The van der Waals surface area contributed by atoms with E-state index in [1.165, 1.54) is 0 Å². The second-order valence-electron chi connectivity index (χ2n) is 7.00. The SMILES string of the molecule is CCCC(NC(=O)C(C)N(C)CC(=O)Nc1c(Cl)cccc1Cl)c1ccccc1. The fraction of sp³-hybridized carbons (Fsp3) is 0.364. The van der Waals surface area contributed by atoms with Gasteiger partial charge in [-0.25, -0.2) is 0 Å². The highest BCUT2D eigenvalue weighted by atomic mass is 35.5. The van der Waals surface area contributed by atoms with Crippen molar-refractivity contribution >= 4 is 40.7 Å². The van der Waals surface area contributed by atoms with E-state index in [4.69, 9.17) is 23.2 Å². The van der Waals surface area contributed by atoms with E-state index in [1.807, 2.05) is 30.3 Å². The lowest BCUT2D eigenvalue weighted by Gasteiger charge is -2.26. The topological polar surface area (TPSA) is 61.4 Å². The summed E-state index contributed by atoms with van der Waals surface area (Å²) in [6, 6.07) is 14.4. The number of anilines is 1. The quantitative estimate of drug-likeness (QED) is 0.587. The van der Waals surface area contributed by atoms with Crippen molar-refractivity contribution in [3.8, 4) is 0 Å². The lowest BCUT2D eigenvalue weighted by Crippen LogP contribution is -2.46. The lowest BCUT2D eigenvalue weighted by atomic mass is 10.0. The predicted octanol–water partition coefficient (Wildman–Crippen LogP) is 4.91. The number of hydrogen-bond donors (Lipinski definition) is 2. The molecule has 2 aromatic carbocycles. The molecule has 0 radical (unpaired) electrons. The maximum Gasteiger partial charge on any atom is 0.238 e. The Morgan fingerprint density at radius 1 is 1.03 bits per heavy atom. The zero-order chi connectivity index (χ0) is 21.4. The number of nitrogens with zero attached hydrogens (tertiary/aromatic N) is 1. The molecule has 0 spiro atoms. The molecule has 0 heterocycles. The summed E-state index contributed by atoms with van der Waals surface area (Å²) in [5.41, 5.74) is 1.45. The van der Waals surface area contributed by atoms with Crippen LogP contribution in [0.25, 0.3) is 0 Å². The maximum atomic E-state index is 12.8. The summed E-state index contributed by atoms with van der Waals surface area (Å²) in [7, 11) is 1.73. The van der Waals surface area contributed by atoms with Crippen LogP contribution in [0.15, 0.2) is 48.5 Å². The average molecular weight is 436 g/mol. The number of halogens is 2. The van der Waals surface area contributed by atoms with Gasteiger partial charge in [-0.3, -0.25) is 14.5 Å². The van der Waals surface area contributed by atoms with Crippen molar-refractivity contribution in [2.24, 2.45) is 0 Å². The van der Waals surface area contributed by atoms with Gasteiger partial charge in [0.05, 0.1) is 34.4 Å². The first-order valence-electron chi connectivity index (χ1n) is 9.62. The number of para-hydroxylation sites is 1. The Balaban J connectivity index is 1.96. The predicted molar refractivity (Wildman–Crippen MR) is 119 cm³/mol. The van der Waals surface area contributed by atoms with Gasteiger partial charge in [-0.1, -0.05) is 72.9 Å². The van der Waals surface area contributed by atoms with E-state index in [1.54, 1.807) is 37.1 Å². The van der Waals surface area contributed by atoms with Crippen LogP contribution >= 0.6 is 23.2 Å². The fourth-order valence-electron chi connectivity index (χ4n) is 2.95. The number of amides is 2. The van der Waals surface area contributed by atoms with E-state index in [2.05, 4.69) is 17.6 Å². The normalized spacial score (nSPS) is 13.0. The molecule has 0 saturated heterocycles. The summed E-state index contributed by atoms with van der Waals surface area (Å²) in [4.78, 5) is 26.8. The number of likely N-dealkylation sites (N-methyl/N-ethyl adjacent to an activating group) is 1. The maximum absolute atomic E-state index is 12.8. The third kappa shape index (κ3) is 6.74. The minimum absolute atomic E-state index is 0.0277. The minimum Gasteiger partial charge on any atom is -0.348 e. The molecule has 0 aromatic heterocycles. The Hall–Kier alpha value is -2.08.